The summed E-state index contributed by atoms with van der Waals surface area (Å²) < 4.78 is 7.14. The molecule has 0 spiro atoms. The second kappa shape index (κ2) is 7.35. The minimum Gasteiger partial charge on any atom is -0.389 e. The topological polar surface area (TPSA) is 43.0 Å². The molecule has 0 radical (unpaired) electrons. The number of aliphatic hydroxyl groups is 1. The first-order chi connectivity index (χ1) is 12.8. The lowest BCUT2D eigenvalue weighted by Crippen LogP contribution is -2.23. The Balaban J connectivity index is 1.75. The van der Waals surface area contributed by atoms with E-state index in [4.69, 9.17) is 0 Å². The maximum absolute atomic E-state index is 10.8. The van der Waals surface area contributed by atoms with Crippen LogP contribution in [0.5, 0.6) is 0 Å². The maximum atomic E-state index is 10.8. The quantitative estimate of drug-likeness (QED) is 0.338. The summed E-state index contributed by atoms with van der Waals surface area (Å²) in [7, 11) is 0. The van der Waals surface area contributed by atoms with E-state index in [-0.39, 0.29) is 0 Å². The van der Waals surface area contributed by atoms with E-state index >= 15 is 0 Å². The molecule has 0 bridgehead atoms. The molecule has 1 atom stereocenters. The number of benzene rings is 2. The Bertz CT molecular complexity index is 1100. The van der Waals surface area contributed by atoms with Gasteiger partial charge in [-0.2, -0.15) is 5.10 Å². The van der Waals surface area contributed by atoms with Crippen molar-refractivity contribution in [3.05, 3.63) is 61.2 Å². The van der Waals surface area contributed by atoms with Crippen LogP contribution in [0.2, 0.25) is 0 Å². The molecule has 0 aliphatic heterocycles. The largest absolute Gasteiger partial charge is 0.389 e. The Labute approximate surface area is 182 Å². The molecule has 4 nitrogen and oxygen atoms in total. The molecule has 0 saturated carbocycles. The van der Waals surface area contributed by atoms with Gasteiger partial charge in [-0.05, 0) is 66.2 Å². The van der Waals surface area contributed by atoms with E-state index in [1.165, 1.54) is 10.8 Å². The van der Waals surface area contributed by atoms with Gasteiger partial charge in [0.05, 0.1) is 29.4 Å². The zero-order chi connectivity index (χ0) is 19.3. The van der Waals surface area contributed by atoms with Gasteiger partial charge in [0.25, 0.3) is 0 Å². The lowest BCUT2D eigenvalue weighted by atomic mass is 10.2. The number of aromatic nitrogens is 3. The first-order valence-corrected chi connectivity index (χ1v) is 11.0. The summed E-state index contributed by atoms with van der Waals surface area (Å²) in [5.74, 6) is 0. The summed E-state index contributed by atoms with van der Waals surface area (Å²) in [6.07, 6.45) is -0.555. The average Bonchev–Trinajstić information content (AvgIpc) is 3.04. The Morgan fingerprint density at radius 1 is 0.926 bits per heavy atom. The molecule has 27 heavy (non-hydrogen) atoms. The van der Waals surface area contributed by atoms with Crippen molar-refractivity contribution in [2.75, 3.05) is 0 Å². The average molecular weight is 556 g/mol. The molecule has 140 valence electrons. The molecule has 4 rings (SSSR count). The SMILES string of the molecule is Cc1nn(C[C@H](O)Cn2c3ccc(Br)cc3c3cc(Br)ccc32)c(C)c1Br. The number of aryl methyl sites for hydroxylation is 1. The fourth-order valence-electron chi connectivity index (χ4n) is 3.57. The third-order valence-electron chi connectivity index (χ3n) is 4.86. The summed E-state index contributed by atoms with van der Waals surface area (Å²) in [4.78, 5) is 0. The molecule has 2 aromatic heterocycles. The highest BCUT2D eigenvalue weighted by Crippen LogP contribution is 2.33. The minimum absolute atomic E-state index is 0.451. The zero-order valence-corrected chi connectivity index (χ0v) is 19.6. The molecular formula is C20H18Br3N3O. The zero-order valence-electron chi connectivity index (χ0n) is 14.9. The number of hydrogen-bond donors (Lipinski definition) is 1. The molecule has 0 saturated heterocycles. The number of hydrogen-bond acceptors (Lipinski definition) is 2. The molecule has 0 aliphatic rings. The second-order valence-electron chi connectivity index (χ2n) is 6.75. The van der Waals surface area contributed by atoms with Crippen molar-refractivity contribution < 1.29 is 5.11 Å². The Morgan fingerprint density at radius 2 is 1.48 bits per heavy atom. The van der Waals surface area contributed by atoms with E-state index in [0.29, 0.717) is 13.1 Å². The Kier molecular flexibility index (Phi) is 5.22. The van der Waals surface area contributed by atoms with Crippen LogP contribution in [0.4, 0.5) is 0 Å². The van der Waals surface area contributed by atoms with Crippen LogP contribution in [0.1, 0.15) is 11.4 Å². The summed E-state index contributed by atoms with van der Waals surface area (Å²) in [6, 6.07) is 12.5. The molecule has 1 N–H and O–H groups in total. The van der Waals surface area contributed by atoms with Crippen molar-refractivity contribution in [1.29, 1.82) is 0 Å². The van der Waals surface area contributed by atoms with Gasteiger partial charge in [0.1, 0.15) is 0 Å². The van der Waals surface area contributed by atoms with Gasteiger partial charge in [-0.15, -0.1) is 0 Å². The van der Waals surface area contributed by atoms with E-state index in [2.05, 4.69) is 81.7 Å². The normalized spacial score (nSPS) is 13.0. The number of halogens is 3. The van der Waals surface area contributed by atoms with E-state index in [1.54, 1.807) is 0 Å². The van der Waals surface area contributed by atoms with Gasteiger partial charge in [-0.25, -0.2) is 0 Å². The molecule has 0 aliphatic carbocycles. The predicted molar refractivity (Wildman–Crippen MR) is 120 cm³/mol. The van der Waals surface area contributed by atoms with E-state index in [1.807, 2.05) is 30.7 Å². The van der Waals surface area contributed by atoms with Gasteiger partial charge in [0.2, 0.25) is 0 Å². The van der Waals surface area contributed by atoms with Crippen LogP contribution in [-0.2, 0) is 13.1 Å². The fraction of sp³-hybridized carbons (Fsp3) is 0.250. The second-order valence-corrected chi connectivity index (χ2v) is 9.38. The molecule has 2 aromatic carbocycles. The van der Waals surface area contributed by atoms with Crippen molar-refractivity contribution in [3.63, 3.8) is 0 Å². The molecule has 0 amide bonds. The molecule has 2 heterocycles. The molecule has 4 aromatic rings. The molecular weight excluding hydrogens is 538 g/mol. The smallest absolute Gasteiger partial charge is 0.0914 e. The predicted octanol–water partition coefficient (Wildman–Crippen LogP) is 5.96. The first-order valence-electron chi connectivity index (χ1n) is 8.59. The van der Waals surface area contributed by atoms with Crippen molar-refractivity contribution in [2.24, 2.45) is 0 Å². The Hall–Kier alpha value is -1.15. The van der Waals surface area contributed by atoms with Crippen molar-refractivity contribution >= 4 is 69.6 Å². The van der Waals surface area contributed by atoms with Gasteiger partial charge in [0.15, 0.2) is 0 Å². The lowest BCUT2D eigenvalue weighted by molar-refractivity contribution is 0.132. The van der Waals surface area contributed by atoms with Crippen LogP contribution in [0, 0.1) is 13.8 Å². The van der Waals surface area contributed by atoms with E-state index in [0.717, 1.165) is 35.8 Å². The fourth-order valence-corrected chi connectivity index (χ4v) is 4.57. The number of nitrogens with zero attached hydrogens (tertiary/aromatic N) is 3. The maximum Gasteiger partial charge on any atom is 0.0914 e. The van der Waals surface area contributed by atoms with E-state index in [9.17, 15) is 5.11 Å². The Morgan fingerprint density at radius 3 is 1.96 bits per heavy atom. The summed E-state index contributed by atoms with van der Waals surface area (Å²) in [5.41, 5.74) is 4.19. The van der Waals surface area contributed by atoms with Crippen molar-refractivity contribution in [1.82, 2.24) is 14.3 Å². The number of aliphatic hydroxyl groups excluding tert-OH is 1. The van der Waals surface area contributed by atoms with Gasteiger partial charge < -0.3 is 9.67 Å². The van der Waals surface area contributed by atoms with Gasteiger partial charge in [0, 0.05) is 36.4 Å². The summed E-state index contributed by atoms with van der Waals surface area (Å²) in [6.45, 7) is 4.92. The highest BCUT2D eigenvalue weighted by molar-refractivity contribution is 9.11. The molecule has 7 heteroatoms. The van der Waals surface area contributed by atoms with Crippen LogP contribution < -0.4 is 0 Å². The van der Waals surface area contributed by atoms with Gasteiger partial charge in [-0.3, -0.25) is 4.68 Å². The third kappa shape index (κ3) is 3.50. The first kappa shape index (κ1) is 19.2. The highest BCUT2D eigenvalue weighted by atomic mass is 79.9. The van der Waals surface area contributed by atoms with Crippen LogP contribution in [0.25, 0.3) is 21.8 Å². The molecule has 0 fully saturated rings. The lowest BCUT2D eigenvalue weighted by Gasteiger charge is -2.15. The van der Waals surface area contributed by atoms with Crippen LogP contribution >= 0.6 is 47.8 Å². The minimum atomic E-state index is -0.555. The van der Waals surface area contributed by atoms with Crippen molar-refractivity contribution in [2.45, 2.75) is 33.0 Å². The van der Waals surface area contributed by atoms with E-state index < -0.39 is 6.10 Å². The van der Waals surface area contributed by atoms with Gasteiger partial charge in [-0.1, -0.05) is 31.9 Å². The highest BCUT2D eigenvalue weighted by Gasteiger charge is 2.17. The third-order valence-corrected chi connectivity index (χ3v) is 6.99. The molecule has 0 unspecified atom stereocenters. The summed E-state index contributed by atoms with van der Waals surface area (Å²) in [5, 5.41) is 17.7. The number of fused-ring (bicyclic) bond motifs is 3. The van der Waals surface area contributed by atoms with Crippen LogP contribution in [0.15, 0.2) is 49.8 Å². The van der Waals surface area contributed by atoms with Crippen LogP contribution in [-0.4, -0.2) is 25.6 Å². The summed E-state index contributed by atoms with van der Waals surface area (Å²) >= 11 is 10.7. The van der Waals surface area contributed by atoms with Gasteiger partial charge >= 0.3 is 0 Å². The standard InChI is InChI=1S/C20H18Br3N3O/c1-11-20(23)12(2)26(24-11)10-15(27)9-25-18-5-3-13(21)7-16(18)17-8-14(22)4-6-19(17)25/h3-8,15,27H,9-10H2,1-2H3/t15-/m1/s1. The number of rotatable bonds is 4. The monoisotopic (exact) mass is 553 g/mol. The van der Waals surface area contributed by atoms with Crippen LogP contribution in [0.3, 0.4) is 0 Å². The van der Waals surface area contributed by atoms with Crippen molar-refractivity contribution in [3.8, 4) is 0 Å².